The summed E-state index contributed by atoms with van der Waals surface area (Å²) in [4.78, 5) is 2.58. The number of aliphatic hydroxyl groups is 1. The highest BCUT2D eigenvalue weighted by atomic mass is 16.2. The van der Waals surface area contributed by atoms with Crippen molar-refractivity contribution >= 4 is 0 Å². The van der Waals surface area contributed by atoms with E-state index in [4.69, 9.17) is 5.11 Å². The Bertz CT molecular complexity index is 157. The van der Waals surface area contributed by atoms with E-state index >= 15 is 0 Å². The van der Waals surface area contributed by atoms with Crippen LogP contribution in [0.15, 0.2) is 0 Å². The number of unbranched alkanes of at least 4 members (excludes halogenated alkanes) is 1. The molecule has 1 rings (SSSR count). The minimum Gasteiger partial charge on any atom is -0.396 e. The standard InChI is InChI=1S/C13H27NO/c1-3-12(4-2)13-7-9-14(11-13)8-5-6-10-15/h12-13,15H,3-11H2,1-2H3/t13-/m0/s1. The lowest BCUT2D eigenvalue weighted by Gasteiger charge is -2.21. The largest absolute Gasteiger partial charge is 0.396 e. The van der Waals surface area contributed by atoms with Crippen molar-refractivity contribution in [3.63, 3.8) is 0 Å². The van der Waals surface area contributed by atoms with Gasteiger partial charge in [0.25, 0.3) is 0 Å². The van der Waals surface area contributed by atoms with Gasteiger partial charge in [-0.3, -0.25) is 0 Å². The van der Waals surface area contributed by atoms with Crippen LogP contribution in [0.2, 0.25) is 0 Å². The smallest absolute Gasteiger partial charge is 0.0431 e. The molecule has 90 valence electrons. The number of hydrogen-bond donors (Lipinski definition) is 1. The molecule has 1 atom stereocenters. The van der Waals surface area contributed by atoms with Crippen molar-refractivity contribution in [2.24, 2.45) is 11.8 Å². The van der Waals surface area contributed by atoms with Crippen LogP contribution in [0.3, 0.4) is 0 Å². The van der Waals surface area contributed by atoms with E-state index < -0.39 is 0 Å². The summed E-state index contributed by atoms with van der Waals surface area (Å²) in [5.41, 5.74) is 0. The molecule has 0 aromatic carbocycles. The minimum atomic E-state index is 0.351. The zero-order chi connectivity index (χ0) is 11.1. The second-order valence-corrected chi connectivity index (χ2v) is 4.86. The van der Waals surface area contributed by atoms with E-state index in [-0.39, 0.29) is 0 Å². The summed E-state index contributed by atoms with van der Waals surface area (Å²) in [6, 6.07) is 0. The van der Waals surface area contributed by atoms with Crippen molar-refractivity contribution in [1.82, 2.24) is 4.90 Å². The Morgan fingerprint density at radius 3 is 2.60 bits per heavy atom. The summed E-state index contributed by atoms with van der Waals surface area (Å²) < 4.78 is 0. The van der Waals surface area contributed by atoms with E-state index in [0.717, 1.165) is 24.7 Å². The second kappa shape index (κ2) is 7.24. The fraction of sp³-hybridized carbons (Fsp3) is 1.00. The minimum absolute atomic E-state index is 0.351. The average Bonchev–Trinajstić information content (AvgIpc) is 2.69. The first-order valence-electron chi connectivity index (χ1n) is 6.65. The van der Waals surface area contributed by atoms with Gasteiger partial charge in [0.1, 0.15) is 0 Å². The maximum absolute atomic E-state index is 8.74. The Balaban J connectivity index is 2.19. The first-order chi connectivity index (χ1) is 7.31. The van der Waals surface area contributed by atoms with Crippen molar-refractivity contribution in [2.45, 2.75) is 46.0 Å². The van der Waals surface area contributed by atoms with Gasteiger partial charge >= 0.3 is 0 Å². The predicted octanol–water partition coefficient (Wildman–Crippen LogP) is 2.52. The lowest BCUT2D eigenvalue weighted by molar-refractivity contribution is 0.250. The summed E-state index contributed by atoms with van der Waals surface area (Å²) in [5, 5.41) is 8.74. The van der Waals surface area contributed by atoms with Crippen LogP contribution in [0.5, 0.6) is 0 Å². The molecule has 0 saturated carbocycles. The average molecular weight is 213 g/mol. The van der Waals surface area contributed by atoms with Gasteiger partial charge < -0.3 is 10.0 Å². The summed E-state index contributed by atoms with van der Waals surface area (Å²) in [5.74, 6) is 1.88. The van der Waals surface area contributed by atoms with Crippen LogP contribution in [0.4, 0.5) is 0 Å². The first kappa shape index (κ1) is 13.0. The molecule has 1 aliphatic rings. The SMILES string of the molecule is CCC(CC)[C@H]1CCN(CCCCO)C1. The van der Waals surface area contributed by atoms with Crippen molar-refractivity contribution < 1.29 is 5.11 Å². The highest BCUT2D eigenvalue weighted by Gasteiger charge is 2.26. The lowest BCUT2D eigenvalue weighted by atomic mass is 9.87. The normalized spacial score (nSPS) is 22.8. The molecule has 1 N–H and O–H groups in total. The van der Waals surface area contributed by atoms with Gasteiger partial charge in [0.2, 0.25) is 0 Å². The molecule has 2 nitrogen and oxygen atoms in total. The molecular weight excluding hydrogens is 186 g/mol. The molecule has 0 aliphatic carbocycles. The van der Waals surface area contributed by atoms with Crippen LogP contribution in [-0.2, 0) is 0 Å². The Morgan fingerprint density at radius 2 is 2.00 bits per heavy atom. The molecule has 0 bridgehead atoms. The van der Waals surface area contributed by atoms with E-state index in [0.29, 0.717) is 6.61 Å². The van der Waals surface area contributed by atoms with Gasteiger partial charge in [-0.25, -0.2) is 0 Å². The maximum atomic E-state index is 8.74. The molecule has 15 heavy (non-hydrogen) atoms. The molecule has 1 fully saturated rings. The Morgan fingerprint density at radius 1 is 1.27 bits per heavy atom. The molecule has 1 heterocycles. The van der Waals surface area contributed by atoms with E-state index in [1.54, 1.807) is 0 Å². The molecule has 0 spiro atoms. The van der Waals surface area contributed by atoms with Crippen molar-refractivity contribution in [3.05, 3.63) is 0 Å². The third kappa shape index (κ3) is 4.12. The maximum Gasteiger partial charge on any atom is 0.0431 e. The van der Waals surface area contributed by atoms with Crippen LogP contribution < -0.4 is 0 Å². The van der Waals surface area contributed by atoms with Crippen LogP contribution in [0, 0.1) is 11.8 Å². The molecule has 0 amide bonds. The molecule has 0 unspecified atom stereocenters. The number of rotatable bonds is 7. The summed E-state index contributed by atoms with van der Waals surface area (Å²) in [6.45, 7) is 8.77. The zero-order valence-electron chi connectivity index (χ0n) is 10.4. The fourth-order valence-corrected chi connectivity index (χ4v) is 2.85. The van der Waals surface area contributed by atoms with E-state index in [1.807, 2.05) is 0 Å². The molecule has 0 aromatic heterocycles. The van der Waals surface area contributed by atoms with Gasteiger partial charge in [-0.2, -0.15) is 0 Å². The quantitative estimate of drug-likeness (QED) is 0.657. The van der Waals surface area contributed by atoms with Crippen LogP contribution in [0.25, 0.3) is 0 Å². The Kier molecular flexibility index (Phi) is 6.26. The molecule has 1 aliphatic heterocycles. The van der Waals surface area contributed by atoms with Crippen LogP contribution in [0.1, 0.15) is 46.0 Å². The van der Waals surface area contributed by atoms with Gasteiger partial charge in [0.05, 0.1) is 0 Å². The molecule has 0 radical (unpaired) electrons. The molecule has 0 aromatic rings. The van der Waals surface area contributed by atoms with Crippen LogP contribution in [-0.4, -0.2) is 36.2 Å². The van der Waals surface area contributed by atoms with Crippen molar-refractivity contribution in [1.29, 1.82) is 0 Å². The van der Waals surface area contributed by atoms with Gasteiger partial charge in [0, 0.05) is 13.2 Å². The van der Waals surface area contributed by atoms with E-state index in [1.165, 1.54) is 38.9 Å². The van der Waals surface area contributed by atoms with Crippen LogP contribution >= 0.6 is 0 Å². The summed E-state index contributed by atoms with van der Waals surface area (Å²) >= 11 is 0. The molecular formula is C13H27NO. The molecule has 1 saturated heterocycles. The van der Waals surface area contributed by atoms with Gasteiger partial charge in [-0.05, 0) is 44.2 Å². The third-order valence-corrected chi connectivity index (χ3v) is 3.91. The number of nitrogens with zero attached hydrogens (tertiary/aromatic N) is 1. The molecule has 2 heteroatoms. The van der Waals surface area contributed by atoms with Gasteiger partial charge in [-0.1, -0.05) is 26.7 Å². The Labute approximate surface area is 94.7 Å². The topological polar surface area (TPSA) is 23.5 Å². The monoisotopic (exact) mass is 213 g/mol. The number of aliphatic hydroxyl groups excluding tert-OH is 1. The zero-order valence-corrected chi connectivity index (χ0v) is 10.4. The third-order valence-electron chi connectivity index (χ3n) is 3.91. The van der Waals surface area contributed by atoms with Crippen molar-refractivity contribution in [3.8, 4) is 0 Å². The summed E-state index contributed by atoms with van der Waals surface area (Å²) in [7, 11) is 0. The first-order valence-corrected chi connectivity index (χ1v) is 6.65. The predicted molar refractivity (Wildman–Crippen MR) is 64.9 cm³/mol. The lowest BCUT2D eigenvalue weighted by Crippen LogP contribution is -2.24. The second-order valence-electron chi connectivity index (χ2n) is 4.86. The van der Waals surface area contributed by atoms with E-state index in [9.17, 15) is 0 Å². The van der Waals surface area contributed by atoms with Gasteiger partial charge in [-0.15, -0.1) is 0 Å². The number of hydrogen-bond acceptors (Lipinski definition) is 2. The van der Waals surface area contributed by atoms with Crippen molar-refractivity contribution in [2.75, 3.05) is 26.2 Å². The highest BCUT2D eigenvalue weighted by molar-refractivity contribution is 4.79. The highest BCUT2D eigenvalue weighted by Crippen LogP contribution is 2.28. The fourth-order valence-electron chi connectivity index (χ4n) is 2.85. The summed E-state index contributed by atoms with van der Waals surface area (Å²) in [6.07, 6.45) is 6.20. The number of likely N-dealkylation sites (tertiary alicyclic amines) is 1. The Hall–Kier alpha value is -0.0800. The van der Waals surface area contributed by atoms with E-state index in [2.05, 4.69) is 18.7 Å². The van der Waals surface area contributed by atoms with Gasteiger partial charge in [0.15, 0.2) is 0 Å².